The van der Waals surface area contributed by atoms with Gasteiger partial charge in [0.2, 0.25) is 0 Å². The molecule has 150 valence electrons. The van der Waals surface area contributed by atoms with Gasteiger partial charge in [-0.3, -0.25) is 0 Å². The molecule has 0 bridgehead atoms. The number of rotatable bonds is 5. The van der Waals surface area contributed by atoms with E-state index in [1.165, 1.54) is 75.3 Å². The van der Waals surface area contributed by atoms with E-state index in [-0.39, 0.29) is 0 Å². The standard InChI is InChI=1S/C28H38/c1-3-4-22-7-11-24(12-8-22)26-15-19-28(20-16-26)27-17-13-25(14-18-27)23-9-5-21(2)6-10-23/h13-24H,3-12H2,1-2H3. The Morgan fingerprint density at radius 1 is 0.607 bits per heavy atom. The topological polar surface area (TPSA) is 0 Å². The largest absolute Gasteiger partial charge is 0.0654 e. The van der Waals surface area contributed by atoms with Gasteiger partial charge in [0.05, 0.1) is 0 Å². The van der Waals surface area contributed by atoms with E-state index in [0.29, 0.717) is 0 Å². The first kappa shape index (κ1) is 19.7. The molecule has 2 aromatic carbocycles. The van der Waals surface area contributed by atoms with Gasteiger partial charge in [-0.05, 0) is 84.5 Å². The van der Waals surface area contributed by atoms with Crippen molar-refractivity contribution in [3.63, 3.8) is 0 Å². The predicted molar refractivity (Wildman–Crippen MR) is 122 cm³/mol. The third kappa shape index (κ3) is 4.70. The lowest BCUT2D eigenvalue weighted by Crippen LogP contribution is -2.13. The van der Waals surface area contributed by atoms with Crippen molar-refractivity contribution in [2.24, 2.45) is 11.8 Å². The Morgan fingerprint density at radius 2 is 1.04 bits per heavy atom. The highest BCUT2D eigenvalue weighted by atomic mass is 14.3. The van der Waals surface area contributed by atoms with Crippen molar-refractivity contribution < 1.29 is 0 Å². The van der Waals surface area contributed by atoms with Crippen LogP contribution in [0.4, 0.5) is 0 Å². The maximum atomic E-state index is 2.40. The van der Waals surface area contributed by atoms with Crippen LogP contribution in [-0.4, -0.2) is 0 Å². The van der Waals surface area contributed by atoms with Gasteiger partial charge in [-0.15, -0.1) is 0 Å². The first-order valence-corrected chi connectivity index (χ1v) is 11.9. The lowest BCUT2D eigenvalue weighted by atomic mass is 9.77. The monoisotopic (exact) mass is 374 g/mol. The van der Waals surface area contributed by atoms with E-state index in [1.54, 1.807) is 11.1 Å². The van der Waals surface area contributed by atoms with Crippen molar-refractivity contribution in [1.82, 2.24) is 0 Å². The summed E-state index contributed by atoms with van der Waals surface area (Å²) in [6.45, 7) is 4.73. The fourth-order valence-corrected chi connectivity index (χ4v) is 5.68. The Bertz CT molecular complexity index is 708. The van der Waals surface area contributed by atoms with Crippen LogP contribution in [0.1, 0.15) is 101 Å². The molecule has 0 amide bonds. The second kappa shape index (κ2) is 9.29. The molecule has 0 heterocycles. The SMILES string of the molecule is CCCC1CCC(c2ccc(-c3ccc(C4CCC(C)CC4)cc3)cc2)CC1. The third-order valence-electron chi connectivity index (χ3n) is 7.66. The van der Waals surface area contributed by atoms with Gasteiger partial charge in [-0.2, -0.15) is 0 Å². The van der Waals surface area contributed by atoms with E-state index in [2.05, 4.69) is 62.4 Å². The first-order valence-electron chi connectivity index (χ1n) is 11.9. The normalized spacial score (nSPS) is 28.2. The van der Waals surface area contributed by atoms with Crippen LogP contribution in [0.15, 0.2) is 48.5 Å². The zero-order chi connectivity index (χ0) is 19.3. The highest BCUT2D eigenvalue weighted by Gasteiger charge is 2.22. The number of hydrogen-bond donors (Lipinski definition) is 0. The highest BCUT2D eigenvalue weighted by Crippen LogP contribution is 2.39. The van der Waals surface area contributed by atoms with Crippen LogP contribution in [0.5, 0.6) is 0 Å². The molecule has 0 aromatic heterocycles. The number of benzene rings is 2. The van der Waals surface area contributed by atoms with Crippen LogP contribution >= 0.6 is 0 Å². The summed E-state index contributed by atoms with van der Waals surface area (Å²) in [5, 5.41) is 0. The summed E-state index contributed by atoms with van der Waals surface area (Å²) < 4.78 is 0. The van der Waals surface area contributed by atoms with Crippen LogP contribution in [0.2, 0.25) is 0 Å². The smallest absolute Gasteiger partial charge is 0.0162 e. The lowest BCUT2D eigenvalue weighted by molar-refractivity contribution is 0.308. The quantitative estimate of drug-likeness (QED) is 0.491. The van der Waals surface area contributed by atoms with Crippen LogP contribution in [-0.2, 0) is 0 Å². The minimum atomic E-state index is 0.787. The fraction of sp³-hybridized carbons (Fsp3) is 0.571. The van der Waals surface area contributed by atoms with Gasteiger partial charge in [0.15, 0.2) is 0 Å². The Balaban J connectivity index is 1.37. The van der Waals surface area contributed by atoms with Crippen LogP contribution in [0.25, 0.3) is 11.1 Å². The molecule has 28 heavy (non-hydrogen) atoms. The molecule has 0 aliphatic heterocycles. The summed E-state index contributed by atoms with van der Waals surface area (Å²) in [5.74, 6) is 3.50. The molecule has 0 nitrogen and oxygen atoms in total. The molecule has 0 heteroatoms. The van der Waals surface area contributed by atoms with E-state index < -0.39 is 0 Å². The Hall–Kier alpha value is -1.56. The summed E-state index contributed by atoms with van der Waals surface area (Å²) in [5.41, 5.74) is 5.85. The molecule has 0 atom stereocenters. The van der Waals surface area contributed by atoms with E-state index in [0.717, 1.165) is 23.7 Å². The predicted octanol–water partition coefficient (Wildman–Crippen LogP) is 8.72. The van der Waals surface area contributed by atoms with Gasteiger partial charge in [-0.1, -0.05) is 88.1 Å². The maximum absolute atomic E-state index is 2.40. The molecule has 4 rings (SSSR count). The molecular weight excluding hydrogens is 336 g/mol. The van der Waals surface area contributed by atoms with E-state index in [9.17, 15) is 0 Å². The first-order chi connectivity index (χ1) is 13.7. The molecular formula is C28H38. The zero-order valence-electron chi connectivity index (χ0n) is 18.0. The van der Waals surface area contributed by atoms with Crippen molar-refractivity contribution >= 4 is 0 Å². The average Bonchev–Trinajstić information content (AvgIpc) is 2.75. The van der Waals surface area contributed by atoms with Gasteiger partial charge in [0.25, 0.3) is 0 Å². The Kier molecular flexibility index (Phi) is 6.55. The highest BCUT2D eigenvalue weighted by molar-refractivity contribution is 5.64. The van der Waals surface area contributed by atoms with Gasteiger partial charge in [0, 0.05) is 0 Å². The van der Waals surface area contributed by atoms with Gasteiger partial charge in [0.1, 0.15) is 0 Å². The summed E-state index contributed by atoms with van der Waals surface area (Å²) in [6, 6.07) is 19.0. The summed E-state index contributed by atoms with van der Waals surface area (Å²) >= 11 is 0. The molecule has 2 aromatic rings. The molecule has 0 radical (unpaired) electrons. The summed E-state index contributed by atoms with van der Waals surface area (Å²) in [7, 11) is 0. The fourth-order valence-electron chi connectivity index (χ4n) is 5.68. The van der Waals surface area contributed by atoms with Crippen molar-refractivity contribution in [1.29, 1.82) is 0 Å². The third-order valence-corrected chi connectivity index (χ3v) is 7.66. The van der Waals surface area contributed by atoms with Gasteiger partial charge in [-0.25, -0.2) is 0 Å². The van der Waals surface area contributed by atoms with Crippen LogP contribution < -0.4 is 0 Å². The van der Waals surface area contributed by atoms with E-state index >= 15 is 0 Å². The molecule has 2 aliphatic rings. The second-order valence-electron chi connectivity index (χ2n) is 9.71. The minimum Gasteiger partial charge on any atom is -0.0654 e. The van der Waals surface area contributed by atoms with Crippen molar-refractivity contribution in [2.45, 2.75) is 89.9 Å². The lowest BCUT2D eigenvalue weighted by Gasteiger charge is -2.28. The molecule has 0 spiro atoms. The summed E-state index contributed by atoms with van der Waals surface area (Å²) in [6.07, 6.45) is 14.0. The average molecular weight is 375 g/mol. The molecule has 2 saturated carbocycles. The Morgan fingerprint density at radius 3 is 1.46 bits per heavy atom. The van der Waals surface area contributed by atoms with E-state index in [1.807, 2.05) is 0 Å². The molecule has 0 unspecified atom stereocenters. The Labute approximate surface area is 172 Å². The van der Waals surface area contributed by atoms with Gasteiger partial charge < -0.3 is 0 Å². The van der Waals surface area contributed by atoms with Gasteiger partial charge >= 0.3 is 0 Å². The van der Waals surface area contributed by atoms with Crippen molar-refractivity contribution in [2.75, 3.05) is 0 Å². The van der Waals surface area contributed by atoms with E-state index in [4.69, 9.17) is 0 Å². The second-order valence-corrected chi connectivity index (χ2v) is 9.71. The van der Waals surface area contributed by atoms with Crippen molar-refractivity contribution in [3.05, 3.63) is 59.7 Å². The summed E-state index contributed by atoms with van der Waals surface area (Å²) in [4.78, 5) is 0. The van der Waals surface area contributed by atoms with Crippen molar-refractivity contribution in [3.8, 4) is 11.1 Å². The number of hydrogen-bond acceptors (Lipinski definition) is 0. The van der Waals surface area contributed by atoms with Crippen LogP contribution in [0, 0.1) is 11.8 Å². The minimum absolute atomic E-state index is 0.787. The zero-order valence-corrected chi connectivity index (χ0v) is 18.0. The molecule has 0 saturated heterocycles. The molecule has 2 fully saturated rings. The van der Waals surface area contributed by atoms with Crippen LogP contribution in [0.3, 0.4) is 0 Å². The molecule has 0 N–H and O–H groups in total. The molecule has 2 aliphatic carbocycles. The maximum Gasteiger partial charge on any atom is -0.0162 e.